The van der Waals surface area contributed by atoms with Crippen LogP contribution in [0.3, 0.4) is 0 Å². The number of methoxy groups -OCH3 is 1. The third-order valence-corrected chi connectivity index (χ3v) is 2.89. The highest BCUT2D eigenvalue weighted by Crippen LogP contribution is 2.08. The molecule has 1 unspecified atom stereocenters. The SMILES string of the molecule is COC(=O)CCC/C=C\CCCCCCC(C)O. The minimum absolute atomic E-state index is 0.124. The molecular weight excluding hydrogens is 228 g/mol. The van der Waals surface area contributed by atoms with Crippen molar-refractivity contribution in [2.75, 3.05) is 7.11 Å². The normalized spacial score (nSPS) is 12.8. The first kappa shape index (κ1) is 17.2. The molecule has 0 saturated heterocycles. The molecule has 0 fully saturated rings. The Balaban J connectivity index is 3.16. The van der Waals surface area contributed by atoms with Gasteiger partial charge in [-0.1, -0.05) is 31.4 Å². The van der Waals surface area contributed by atoms with Gasteiger partial charge >= 0.3 is 5.97 Å². The van der Waals surface area contributed by atoms with Crippen molar-refractivity contribution in [3.05, 3.63) is 12.2 Å². The van der Waals surface area contributed by atoms with Gasteiger partial charge in [-0.05, 0) is 39.0 Å². The van der Waals surface area contributed by atoms with Gasteiger partial charge in [0.1, 0.15) is 0 Å². The molecule has 1 N–H and O–H groups in total. The van der Waals surface area contributed by atoms with Crippen LogP contribution in [0, 0.1) is 0 Å². The molecule has 0 aliphatic rings. The Morgan fingerprint density at radius 3 is 2.33 bits per heavy atom. The number of rotatable bonds is 11. The van der Waals surface area contributed by atoms with Gasteiger partial charge in [-0.2, -0.15) is 0 Å². The highest BCUT2D eigenvalue weighted by Gasteiger charge is 1.97. The van der Waals surface area contributed by atoms with Crippen LogP contribution in [0.4, 0.5) is 0 Å². The molecule has 0 aromatic rings. The predicted molar refractivity (Wildman–Crippen MR) is 74.4 cm³/mol. The fraction of sp³-hybridized carbons (Fsp3) is 0.800. The van der Waals surface area contributed by atoms with Crippen molar-refractivity contribution in [2.45, 2.75) is 70.8 Å². The van der Waals surface area contributed by atoms with Crippen LogP contribution in [0.1, 0.15) is 64.7 Å². The molecule has 0 spiro atoms. The van der Waals surface area contributed by atoms with E-state index < -0.39 is 0 Å². The first-order chi connectivity index (χ1) is 8.66. The summed E-state index contributed by atoms with van der Waals surface area (Å²) in [5, 5.41) is 9.09. The van der Waals surface area contributed by atoms with Crippen molar-refractivity contribution in [3.63, 3.8) is 0 Å². The molecule has 0 heterocycles. The van der Waals surface area contributed by atoms with Gasteiger partial charge in [0.15, 0.2) is 0 Å². The average Bonchev–Trinajstić information content (AvgIpc) is 2.35. The maximum atomic E-state index is 10.8. The Morgan fingerprint density at radius 1 is 1.11 bits per heavy atom. The molecule has 0 radical (unpaired) electrons. The molecule has 0 aliphatic carbocycles. The van der Waals surface area contributed by atoms with Crippen molar-refractivity contribution in [1.29, 1.82) is 0 Å². The number of aliphatic hydroxyl groups excluding tert-OH is 1. The van der Waals surface area contributed by atoms with Gasteiger partial charge in [0.25, 0.3) is 0 Å². The second-order valence-electron chi connectivity index (χ2n) is 4.78. The Kier molecular flexibility index (Phi) is 12.0. The van der Waals surface area contributed by atoms with Crippen LogP contribution >= 0.6 is 0 Å². The van der Waals surface area contributed by atoms with E-state index in [2.05, 4.69) is 16.9 Å². The fourth-order valence-electron chi connectivity index (χ4n) is 1.76. The highest BCUT2D eigenvalue weighted by atomic mass is 16.5. The summed E-state index contributed by atoms with van der Waals surface area (Å²) in [6.07, 6.45) is 13.4. The Labute approximate surface area is 111 Å². The smallest absolute Gasteiger partial charge is 0.305 e. The molecule has 0 aromatic carbocycles. The zero-order chi connectivity index (χ0) is 13.6. The van der Waals surface area contributed by atoms with Crippen molar-refractivity contribution in [2.24, 2.45) is 0 Å². The minimum atomic E-state index is -0.153. The zero-order valence-corrected chi connectivity index (χ0v) is 11.9. The second-order valence-corrected chi connectivity index (χ2v) is 4.78. The monoisotopic (exact) mass is 256 g/mol. The van der Waals surface area contributed by atoms with Crippen LogP contribution in [-0.4, -0.2) is 24.3 Å². The maximum absolute atomic E-state index is 10.8. The molecular formula is C15H28O3. The average molecular weight is 256 g/mol. The Bertz CT molecular complexity index is 222. The van der Waals surface area contributed by atoms with E-state index >= 15 is 0 Å². The number of hydrogen-bond donors (Lipinski definition) is 1. The van der Waals surface area contributed by atoms with Gasteiger partial charge in [0.05, 0.1) is 13.2 Å². The van der Waals surface area contributed by atoms with E-state index in [1.54, 1.807) is 0 Å². The minimum Gasteiger partial charge on any atom is -0.469 e. The number of carbonyl (C=O) groups excluding carboxylic acids is 1. The second kappa shape index (κ2) is 12.6. The summed E-state index contributed by atoms with van der Waals surface area (Å²) >= 11 is 0. The van der Waals surface area contributed by atoms with Gasteiger partial charge in [-0.15, -0.1) is 0 Å². The molecule has 18 heavy (non-hydrogen) atoms. The molecule has 0 saturated carbocycles. The van der Waals surface area contributed by atoms with E-state index in [1.165, 1.54) is 26.4 Å². The van der Waals surface area contributed by atoms with Crippen molar-refractivity contribution in [3.8, 4) is 0 Å². The third-order valence-electron chi connectivity index (χ3n) is 2.89. The number of hydrogen-bond acceptors (Lipinski definition) is 3. The van der Waals surface area contributed by atoms with Crippen molar-refractivity contribution < 1.29 is 14.6 Å². The topological polar surface area (TPSA) is 46.5 Å². The van der Waals surface area contributed by atoms with Gasteiger partial charge < -0.3 is 9.84 Å². The summed E-state index contributed by atoms with van der Waals surface area (Å²) in [6, 6.07) is 0. The number of ether oxygens (including phenoxy) is 1. The van der Waals surface area contributed by atoms with E-state index in [9.17, 15) is 4.79 Å². The first-order valence-corrected chi connectivity index (χ1v) is 7.06. The third kappa shape index (κ3) is 13.2. The van der Waals surface area contributed by atoms with Gasteiger partial charge in [-0.3, -0.25) is 4.79 Å². The number of allylic oxidation sites excluding steroid dienone is 2. The molecule has 1 atom stereocenters. The van der Waals surface area contributed by atoms with Crippen LogP contribution < -0.4 is 0 Å². The van der Waals surface area contributed by atoms with E-state index in [-0.39, 0.29) is 12.1 Å². The lowest BCUT2D eigenvalue weighted by molar-refractivity contribution is -0.140. The van der Waals surface area contributed by atoms with E-state index in [0.29, 0.717) is 6.42 Å². The molecule has 0 bridgehead atoms. The summed E-state index contributed by atoms with van der Waals surface area (Å²) in [5.74, 6) is -0.124. The number of esters is 1. The van der Waals surface area contributed by atoms with Gasteiger partial charge in [0, 0.05) is 6.42 Å². The van der Waals surface area contributed by atoms with Crippen molar-refractivity contribution >= 4 is 5.97 Å². The summed E-state index contributed by atoms with van der Waals surface area (Å²) in [7, 11) is 1.43. The predicted octanol–water partition coefficient (Wildman–Crippen LogP) is 3.61. The lowest BCUT2D eigenvalue weighted by Gasteiger charge is -2.02. The van der Waals surface area contributed by atoms with E-state index in [4.69, 9.17) is 5.11 Å². The highest BCUT2D eigenvalue weighted by molar-refractivity contribution is 5.68. The fourth-order valence-corrected chi connectivity index (χ4v) is 1.76. The summed E-state index contributed by atoms with van der Waals surface area (Å²) in [5.41, 5.74) is 0. The molecule has 0 aromatic heterocycles. The largest absolute Gasteiger partial charge is 0.469 e. The first-order valence-electron chi connectivity index (χ1n) is 7.06. The summed E-state index contributed by atoms with van der Waals surface area (Å²) in [4.78, 5) is 10.8. The molecule has 3 heteroatoms. The summed E-state index contributed by atoms with van der Waals surface area (Å²) < 4.78 is 4.57. The number of unbranched alkanes of at least 4 members (excludes halogenated alkanes) is 5. The van der Waals surface area contributed by atoms with Crippen LogP contribution in [0.15, 0.2) is 12.2 Å². The standard InChI is InChI=1S/C15H28O3/c1-14(16)12-10-8-6-4-3-5-7-9-11-13-15(17)18-2/h5,7,14,16H,3-4,6,8-13H2,1-2H3/b7-5-. The Hall–Kier alpha value is -0.830. The molecule has 0 rings (SSSR count). The van der Waals surface area contributed by atoms with E-state index in [0.717, 1.165) is 32.1 Å². The Morgan fingerprint density at radius 2 is 1.72 bits per heavy atom. The lowest BCUT2D eigenvalue weighted by atomic mass is 10.1. The summed E-state index contributed by atoms with van der Waals surface area (Å²) in [6.45, 7) is 1.84. The lowest BCUT2D eigenvalue weighted by Crippen LogP contribution is -1.98. The molecule has 106 valence electrons. The number of carbonyl (C=O) groups is 1. The van der Waals surface area contributed by atoms with Crippen molar-refractivity contribution in [1.82, 2.24) is 0 Å². The maximum Gasteiger partial charge on any atom is 0.305 e. The van der Waals surface area contributed by atoms with Crippen LogP contribution in [-0.2, 0) is 9.53 Å². The quantitative estimate of drug-likeness (QED) is 0.349. The molecule has 0 aliphatic heterocycles. The van der Waals surface area contributed by atoms with Crippen LogP contribution in [0.2, 0.25) is 0 Å². The van der Waals surface area contributed by atoms with Crippen LogP contribution in [0.25, 0.3) is 0 Å². The van der Waals surface area contributed by atoms with Gasteiger partial charge in [0.2, 0.25) is 0 Å². The molecule has 0 amide bonds. The zero-order valence-electron chi connectivity index (χ0n) is 11.9. The van der Waals surface area contributed by atoms with E-state index in [1.807, 2.05) is 6.92 Å². The van der Waals surface area contributed by atoms with Crippen LogP contribution in [0.5, 0.6) is 0 Å². The number of aliphatic hydroxyl groups is 1. The van der Waals surface area contributed by atoms with Gasteiger partial charge in [-0.25, -0.2) is 0 Å². The molecule has 3 nitrogen and oxygen atoms in total.